The summed E-state index contributed by atoms with van der Waals surface area (Å²) in [4.78, 5) is 4.96. The van der Waals surface area contributed by atoms with Crippen molar-refractivity contribution in [3.05, 3.63) is 119 Å². The average Bonchev–Trinajstić information content (AvgIpc) is 3.57. The topological polar surface area (TPSA) is 36.3 Å². The van der Waals surface area contributed by atoms with Gasteiger partial charge in [0.25, 0.3) is 0 Å². The molecular formula is C32H28ClFN2O2. The van der Waals surface area contributed by atoms with Gasteiger partial charge in [-0.15, -0.1) is 0 Å². The molecule has 1 aliphatic heterocycles. The van der Waals surface area contributed by atoms with Gasteiger partial charge in [0.05, 0.1) is 23.7 Å². The van der Waals surface area contributed by atoms with Crippen molar-refractivity contribution < 1.29 is 13.9 Å². The van der Waals surface area contributed by atoms with Gasteiger partial charge in [0.15, 0.2) is 0 Å². The van der Waals surface area contributed by atoms with Crippen molar-refractivity contribution in [2.75, 3.05) is 6.61 Å². The maximum absolute atomic E-state index is 14.1. The fourth-order valence-corrected chi connectivity index (χ4v) is 5.18. The zero-order valence-corrected chi connectivity index (χ0v) is 21.7. The zero-order valence-electron chi connectivity index (χ0n) is 20.9. The molecule has 1 unspecified atom stereocenters. The van der Waals surface area contributed by atoms with Crippen molar-refractivity contribution >= 4 is 22.6 Å². The van der Waals surface area contributed by atoms with Crippen LogP contribution in [0.1, 0.15) is 29.8 Å². The van der Waals surface area contributed by atoms with Crippen molar-refractivity contribution in [1.29, 1.82) is 0 Å². The van der Waals surface area contributed by atoms with Crippen LogP contribution >= 0.6 is 11.6 Å². The van der Waals surface area contributed by atoms with Crippen LogP contribution in [0.5, 0.6) is 5.75 Å². The first-order chi connectivity index (χ1) is 18.6. The van der Waals surface area contributed by atoms with E-state index in [1.54, 1.807) is 12.1 Å². The predicted octanol–water partition coefficient (Wildman–Crippen LogP) is 7.84. The van der Waals surface area contributed by atoms with Crippen LogP contribution in [-0.2, 0) is 24.3 Å². The van der Waals surface area contributed by atoms with Crippen molar-refractivity contribution in [1.82, 2.24) is 9.55 Å². The average molecular weight is 527 g/mol. The fourth-order valence-electron chi connectivity index (χ4n) is 5.02. The number of imidazole rings is 1. The van der Waals surface area contributed by atoms with Crippen LogP contribution in [0.3, 0.4) is 0 Å². The summed E-state index contributed by atoms with van der Waals surface area (Å²) in [5.41, 5.74) is 5.97. The summed E-state index contributed by atoms with van der Waals surface area (Å²) in [6.07, 6.45) is 3.22. The highest BCUT2D eigenvalue weighted by atomic mass is 35.5. The Balaban J connectivity index is 1.18. The summed E-state index contributed by atoms with van der Waals surface area (Å²) < 4.78 is 28.2. The van der Waals surface area contributed by atoms with E-state index in [1.165, 1.54) is 11.6 Å². The molecule has 2 heterocycles. The third-order valence-corrected chi connectivity index (χ3v) is 7.27. The van der Waals surface area contributed by atoms with E-state index >= 15 is 0 Å². The van der Waals surface area contributed by atoms with Gasteiger partial charge < -0.3 is 14.0 Å². The third-order valence-electron chi connectivity index (χ3n) is 7.04. The van der Waals surface area contributed by atoms with Crippen molar-refractivity contribution in [3.63, 3.8) is 0 Å². The van der Waals surface area contributed by atoms with E-state index in [-0.39, 0.29) is 18.5 Å². The van der Waals surface area contributed by atoms with Gasteiger partial charge in [0.2, 0.25) is 0 Å². The Morgan fingerprint density at radius 2 is 1.82 bits per heavy atom. The van der Waals surface area contributed by atoms with Crippen LogP contribution in [0.15, 0.2) is 91.0 Å². The number of halogens is 2. The van der Waals surface area contributed by atoms with Gasteiger partial charge in [-0.05, 0) is 65.9 Å². The second-order valence-electron chi connectivity index (χ2n) is 9.69. The monoisotopic (exact) mass is 526 g/mol. The molecule has 192 valence electrons. The number of nitrogens with zero attached hydrogens (tertiary/aromatic N) is 2. The molecule has 1 atom stereocenters. The lowest BCUT2D eigenvalue weighted by atomic mass is 10.0. The highest BCUT2D eigenvalue weighted by Crippen LogP contribution is 2.27. The minimum atomic E-state index is -0.367. The number of hydrogen-bond donors (Lipinski definition) is 0. The van der Waals surface area contributed by atoms with Crippen molar-refractivity contribution in [2.45, 2.75) is 38.5 Å². The summed E-state index contributed by atoms with van der Waals surface area (Å²) in [5, 5.41) is 0.372. The first-order valence-corrected chi connectivity index (χ1v) is 13.3. The SMILES string of the molecule is Fc1cc(Cl)ccc1COc1cccc(-c2ccc(Cc3nc4ccccc4n3CC3CCCO3)cc2)c1. The third kappa shape index (κ3) is 5.45. The minimum Gasteiger partial charge on any atom is -0.489 e. The van der Waals surface area contributed by atoms with Crippen LogP contribution < -0.4 is 4.74 Å². The molecule has 0 bridgehead atoms. The largest absolute Gasteiger partial charge is 0.489 e. The molecule has 4 nitrogen and oxygen atoms in total. The van der Waals surface area contributed by atoms with Crippen molar-refractivity contribution in [2.24, 2.45) is 0 Å². The quantitative estimate of drug-likeness (QED) is 0.206. The molecular weight excluding hydrogens is 499 g/mol. The number of ether oxygens (including phenoxy) is 2. The van der Waals surface area contributed by atoms with E-state index in [0.29, 0.717) is 16.3 Å². The van der Waals surface area contributed by atoms with Crippen LogP contribution in [0, 0.1) is 5.82 Å². The van der Waals surface area contributed by atoms with Gasteiger partial charge >= 0.3 is 0 Å². The summed E-state index contributed by atoms with van der Waals surface area (Å²) >= 11 is 5.85. The maximum Gasteiger partial charge on any atom is 0.131 e. The predicted molar refractivity (Wildman–Crippen MR) is 149 cm³/mol. The molecule has 0 N–H and O–H groups in total. The van der Waals surface area contributed by atoms with E-state index < -0.39 is 0 Å². The van der Waals surface area contributed by atoms with Gasteiger partial charge in [-0.2, -0.15) is 0 Å². The molecule has 0 amide bonds. The Morgan fingerprint density at radius 3 is 2.63 bits per heavy atom. The van der Waals surface area contributed by atoms with Gasteiger partial charge in [-0.3, -0.25) is 0 Å². The maximum atomic E-state index is 14.1. The molecule has 1 aromatic heterocycles. The number of rotatable bonds is 8. The lowest BCUT2D eigenvalue weighted by molar-refractivity contribution is 0.0973. The number of fused-ring (bicyclic) bond motifs is 1. The second-order valence-corrected chi connectivity index (χ2v) is 10.1. The molecule has 0 aliphatic carbocycles. The van der Waals surface area contributed by atoms with E-state index in [0.717, 1.165) is 60.4 Å². The van der Waals surface area contributed by atoms with Crippen molar-refractivity contribution in [3.8, 4) is 16.9 Å². The first kappa shape index (κ1) is 24.7. The Kier molecular flexibility index (Phi) is 7.12. The van der Waals surface area contributed by atoms with E-state index in [2.05, 4.69) is 47.0 Å². The number of aromatic nitrogens is 2. The smallest absolute Gasteiger partial charge is 0.131 e. The Bertz CT molecular complexity index is 1560. The summed E-state index contributed by atoms with van der Waals surface area (Å²) in [5.74, 6) is 1.37. The number of hydrogen-bond acceptors (Lipinski definition) is 3. The molecule has 6 rings (SSSR count). The van der Waals surface area contributed by atoms with E-state index in [4.69, 9.17) is 26.1 Å². The first-order valence-electron chi connectivity index (χ1n) is 12.9. The molecule has 1 fully saturated rings. The zero-order chi connectivity index (χ0) is 25.9. The Labute approximate surface area is 226 Å². The lowest BCUT2D eigenvalue weighted by Gasteiger charge is -2.14. The van der Waals surface area contributed by atoms with Gasteiger partial charge in [-0.25, -0.2) is 9.37 Å². The number of benzene rings is 4. The molecule has 1 aliphatic rings. The molecule has 0 saturated carbocycles. The summed E-state index contributed by atoms with van der Waals surface area (Å²) in [6, 6.07) is 29.3. The highest BCUT2D eigenvalue weighted by molar-refractivity contribution is 6.30. The Morgan fingerprint density at radius 1 is 0.947 bits per heavy atom. The van der Waals surface area contributed by atoms with Gasteiger partial charge in [-0.1, -0.05) is 66.2 Å². The van der Waals surface area contributed by atoms with Gasteiger partial charge in [0, 0.05) is 23.6 Å². The second kappa shape index (κ2) is 11.0. The molecule has 0 radical (unpaired) electrons. The molecule has 6 heteroatoms. The van der Waals surface area contributed by atoms with Crippen LogP contribution in [0.4, 0.5) is 4.39 Å². The van der Waals surface area contributed by atoms with Crippen LogP contribution in [0.25, 0.3) is 22.2 Å². The van der Waals surface area contributed by atoms with E-state index in [1.807, 2.05) is 30.3 Å². The lowest BCUT2D eigenvalue weighted by Crippen LogP contribution is -2.17. The molecule has 5 aromatic rings. The standard InChI is InChI=1S/C32H28ClFN2O2/c33-26-15-14-25(29(34)19-26)21-38-27-6-3-5-24(18-27)23-12-10-22(11-13-23)17-32-35-30-8-1-2-9-31(30)36(32)20-28-7-4-16-37-28/h1-3,5-6,8-15,18-19,28H,4,7,16-17,20-21H2. The molecule has 4 aromatic carbocycles. The minimum absolute atomic E-state index is 0.137. The van der Waals surface area contributed by atoms with Crippen LogP contribution in [-0.4, -0.2) is 22.3 Å². The molecule has 38 heavy (non-hydrogen) atoms. The van der Waals surface area contributed by atoms with E-state index in [9.17, 15) is 4.39 Å². The van der Waals surface area contributed by atoms with Crippen LogP contribution in [0.2, 0.25) is 5.02 Å². The normalized spacial score (nSPS) is 15.3. The summed E-state index contributed by atoms with van der Waals surface area (Å²) in [6.45, 7) is 1.82. The highest BCUT2D eigenvalue weighted by Gasteiger charge is 2.20. The molecule has 1 saturated heterocycles. The van der Waals surface area contributed by atoms with Gasteiger partial charge in [0.1, 0.15) is 24.0 Å². The summed E-state index contributed by atoms with van der Waals surface area (Å²) in [7, 11) is 0. The molecule has 0 spiro atoms. The Hall–Kier alpha value is -3.67. The number of para-hydroxylation sites is 2. The fraction of sp³-hybridized carbons (Fsp3) is 0.219.